The number of anilines is 1. The molecule has 1 atom stereocenters. The molecular weight excluding hydrogens is 348 g/mol. The van der Waals surface area contributed by atoms with Crippen molar-refractivity contribution in [1.29, 1.82) is 0 Å². The van der Waals surface area contributed by atoms with Crippen molar-refractivity contribution in [2.24, 2.45) is 0 Å². The van der Waals surface area contributed by atoms with Crippen LogP contribution in [-0.4, -0.2) is 24.7 Å². The van der Waals surface area contributed by atoms with Gasteiger partial charge in [-0.15, -0.1) is 0 Å². The van der Waals surface area contributed by atoms with Crippen LogP contribution >= 0.6 is 0 Å². The highest BCUT2D eigenvalue weighted by atomic mass is 16.5. The van der Waals surface area contributed by atoms with Crippen LogP contribution in [0.5, 0.6) is 5.75 Å². The molecule has 144 valence electrons. The maximum Gasteiger partial charge on any atom is 0.223 e. The van der Waals surface area contributed by atoms with Gasteiger partial charge in [-0.05, 0) is 23.8 Å². The number of ether oxygens (including phenoxy) is 1. The summed E-state index contributed by atoms with van der Waals surface area (Å²) in [5, 5.41) is 3.31. The first-order chi connectivity index (χ1) is 13.5. The number of rotatable bonds is 5. The molecule has 2 aliphatic heterocycles. The zero-order valence-corrected chi connectivity index (χ0v) is 16.4. The number of fused-ring (bicyclic) bond motifs is 3. The van der Waals surface area contributed by atoms with E-state index in [1.807, 2.05) is 24.3 Å². The summed E-state index contributed by atoms with van der Waals surface area (Å²) in [6.07, 6.45) is 6.42. The van der Waals surface area contributed by atoms with Gasteiger partial charge in [0.05, 0.1) is 0 Å². The van der Waals surface area contributed by atoms with Crippen molar-refractivity contribution in [3.05, 3.63) is 78.4 Å². The second kappa shape index (κ2) is 6.86. The molecule has 1 fully saturated rings. The van der Waals surface area contributed by atoms with E-state index < -0.39 is 5.66 Å². The van der Waals surface area contributed by atoms with E-state index in [9.17, 15) is 4.79 Å². The summed E-state index contributed by atoms with van der Waals surface area (Å²) in [5.74, 6) is 0.884. The minimum atomic E-state index is -0.614. The number of benzene rings is 2. The van der Waals surface area contributed by atoms with E-state index in [4.69, 9.17) is 4.74 Å². The SMILES string of the molecule is C=CCOc1ccccc1C=C[C@@]12NC(=O)CCN1c1ccccc1C2(C)C. The molecular formula is C24H26N2O2. The summed E-state index contributed by atoms with van der Waals surface area (Å²) >= 11 is 0. The zero-order chi connectivity index (χ0) is 19.8. The molecule has 0 radical (unpaired) electrons. The topological polar surface area (TPSA) is 41.6 Å². The Bertz CT molecular complexity index is 947. The molecule has 2 aromatic rings. The van der Waals surface area contributed by atoms with Crippen molar-refractivity contribution in [3.63, 3.8) is 0 Å². The minimum absolute atomic E-state index is 0.0815. The number of amides is 1. The van der Waals surface area contributed by atoms with Crippen molar-refractivity contribution in [3.8, 4) is 5.75 Å². The number of para-hydroxylation sites is 2. The molecule has 1 saturated heterocycles. The van der Waals surface area contributed by atoms with Crippen LogP contribution in [0.25, 0.3) is 6.08 Å². The van der Waals surface area contributed by atoms with Gasteiger partial charge < -0.3 is 15.0 Å². The van der Waals surface area contributed by atoms with Gasteiger partial charge in [0.1, 0.15) is 18.0 Å². The zero-order valence-electron chi connectivity index (χ0n) is 16.4. The summed E-state index contributed by atoms with van der Waals surface area (Å²) in [6, 6.07) is 16.4. The highest BCUT2D eigenvalue weighted by Gasteiger charge is 2.57. The Morgan fingerprint density at radius 3 is 2.75 bits per heavy atom. The molecule has 1 N–H and O–H groups in total. The van der Waals surface area contributed by atoms with E-state index in [2.05, 4.69) is 67.1 Å². The first kappa shape index (κ1) is 18.4. The van der Waals surface area contributed by atoms with Gasteiger partial charge in [-0.1, -0.05) is 69.0 Å². The molecule has 0 aliphatic carbocycles. The number of nitrogens with one attached hydrogen (secondary N) is 1. The lowest BCUT2D eigenvalue weighted by molar-refractivity contribution is -0.124. The second-order valence-corrected chi connectivity index (χ2v) is 7.83. The van der Waals surface area contributed by atoms with Crippen molar-refractivity contribution in [2.45, 2.75) is 31.3 Å². The molecule has 4 nitrogen and oxygen atoms in total. The molecule has 2 aromatic carbocycles. The molecule has 4 heteroatoms. The van der Waals surface area contributed by atoms with Gasteiger partial charge in [-0.25, -0.2) is 0 Å². The normalized spacial score (nSPS) is 22.5. The van der Waals surface area contributed by atoms with E-state index in [1.165, 1.54) is 11.3 Å². The fourth-order valence-corrected chi connectivity index (χ4v) is 4.43. The van der Waals surface area contributed by atoms with Crippen LogP contribution in [0.3, 0.4) is 0 Å². The molecule has 0 bridgehead atoms. The van der Waals surface area contributed by atoms with Gasteiger partial charge in [0.15, 0.2) is 0 Å². The van der Waals surface area contributed by atoms with Crippen molar-refractivity contribution in [1.82, 2.24) is 5.32 Å². The average molecular weight is 374 g/mol. The standard InChI is InChI=1S/C24H26N2O2/c1-4-17-28-21-12-8-5-9-18(21)13-15-24-23(2,3)19-10-6-7-11-20(19)26(24)16-14-22(27)25-24/h4-13,15H,1,14,16-17H2,2-3H3,(H,25,27)/t24-/m1/s1. The summed E-state index contributed by atoms with van der Waals surface area (Å²) in [4.78, 5) is 14.8. The summed E-state index contributed by atoms with van der Waals surface area (Å²) in [6.45, 7) is 9.27. The van der Waals surface area contributed by atoms with Crippen LogP contribution in [0.4, 0.5) is 5.69 Å². The number of hydrogen-bond acceptors (Lipinski definition) is 3. The third kappa shape index (κ3) is 2.71. The van der Waals surface area contributed by atoms with Crippen LogP contribution in [0, 0.1) is 0 Å². The summed E-state index contributed by atoms with van der Waals surface area (Å²) < 4.78 is 5.80. The Hall–Kier alpha value is -3.01. The van der Waals surface area contributed by atoms with Crippen LogP contribution in [0.15, 0.2) is 67.3 Å². The molecule has 0 unspecified atom stereocenters. The Labute approximate surface area is 166 Å². The molecule has 0 saturated carbocycles. The maximum absolute atomic E-state index is 12.5. The largest absolute Gasteiger partial charge is 0.489 e. The Morgan fingerprint density at radius 1 is 1.18 bits per heavy atom. The number of carbonyl (C=O) groups is 1. The molecule has 4 rings (SSSR count). The highest BCUT2D eigenvalue weighted by molar-refractivity contribution is 5.84. The van der Waals surface area contributed by atoms with Gasteiger partial charge in [-0.2, -0.15) is 0 Å². The third-order valence-corrected chi connectivity index (χ3v) is 5.92. The van der Waals surface area contributed by atoms with E-state index in [-0.39, 0.29) is 11.3 Å². The molecule has 0 aromatic heterocycles. The van der Waals surface area contributed by atoms with Crippen LogP contribution in [-0.2, 0) is 10.2 Å². The van der Waals surface area contributed by atoms with Gasteiger partial charge >= 0.3 is 0 Å². The van der Waals surface area contributed by atoms with Crippen LogP contribution < -0.4 is 15.0 Å². The van der Waals surface area contributed by atoms with Gasteiger partial charge in [0.25, 0.3) is 0 Å². The molecule has 28 heavy (non-hydrogen) atoms. The average Bonchev–Trinajstić information content (AvgIpc) is 2.89. The summed E-state index contributed by atoms with van der Waals surface area (Å²) in [5.41, 5.74) is 2.52. The van der Waals surface area contributed by atoms with E-state index in [0.717, 1.165) is 11.3 Å². The Morgan fingerprint density at radius 2 is 1.93 bits per heavy atom. The van der Waals surface area contributed by atoms with Crippen LogP contribution in [0.1, 0.15) is 31.4 Å². The van der Waals surface area contributed by atoms with Gasteiger partial charge in [0, 0.05) is 29.6 Å². The Kier molecular flexibility index (Phi) is 4.50. The first-order valence-corrected chi connectivity index (χ1v) is 9.70. The lowest BCUT2D eigenvalue weighted by atomic mass is 9.74. The number of nitrogens with zero attached hydrogens (tertiary/aromatic N) is 1. The lowest BCUT2D eigenvalue weighted by Gasteiger charge is -2.49. The van der Waals surface area contributed by atoms with Crippen molar-refractivity contribution >= 4 is 17.7 Å². The number of carbonyl (C=O) groups excluding carboxylic acids is 1. The third-order valence-electron chi connectivity index (χ3n) is 5.92. The van der Waals surface area contributed by atoms with Crippen molar-refractivity contribution < 1.29 is 9.53 Å². The van der Waals surface area contributed by atoms with E-state index in [1.54, 1.807) is 6.08 Å². The molecule has 0 spiro atoms. The Balaban J connectivity index is 1.79. The fourth-order valence-electron chi connectivity index (χ4n) is 4.43. The predicted octanol–water partition coefficient (Wildman–Crippen LogP) is 4.28. The molecule has 1 amide bonds. The van der Waals surface area contributed by atoms with Gasteiger partial charge in [-0.3, -0.25) is 4.79 Å². The van der Waals surface area contributed by atoms with Crippen LogP contribution in [0.2, 0.25) is 0 Å². The van der Waals surface area contributed by atoms with E-state index in [0.29, 0.717) is 19.6 Å². The summed E-state index contributed by atoms with van der Waals surface area (Å²) in [7, 11) is 0. The fraction of sp³-hybridized carbons (Fsp3) is 0.292. The molecule has 2 aliphatic rings. The second-order valence-electron chi connectivity index (χ2n) is 7.83. The first-order valence-electron chi connectivity index (χ1n) is 9.70. The van der Waals surface area contributed by atoms with E-state index >= 15 is 0 Å². The predicted molar refractivity (Wildman–Crippen MR) is 113 cm³/mol. The van der Waals surface area contributed by atoms with Crippen molar-refractivity contribution in [2.75, 3.05) is 18.1 Å². The molecule has 2 heterocycles. The van der Waals surface area contributed by atoms with Gasteiger partial charge in [0.2, 0.25) is 5.91 Å². The quantitative estimate of drug-likeness (QED) is 0.795. The minimum Gasteiger partial charge on any atom is -0.489 e. The number of hydrogen-bond donors (Lipinski definition) is 1. The lowest BCUT2D eigenvalue weighted by Crippen LogP contribution is -2.68. The highest BCUT2D eigenvalue weighted by Crippen LogP contribution is 2.52. The smallest absolute Gasteiger partial charge is 0.223 e. The maximum atomic E-state index is 12.5. The monoisotopic (exact) mass is 374 g/mol.